The van der Waals surface area contributed by atoms with E-state index >= 15 is 0 Å². The molecule has 0 bridgehead atoms. The van der Waals surface area contributed by atoms with E-state index in [2.05, 4.69) is 25.8 Å². The fourth-order valence-electron chi connectivity index (χ4n) is 1.96. The van der Waals surface area contributed by atoms with Crippen molar-refractivity contribution in [3.63, 3.8) is 0 Å². The van der Waals surface area contributed by atoms with Crippen LogP contribution in [0.2, 0.25) is 0 Å². The number of rotatable bonds is 6. The number of nitro groups is 1. The molecule has 2 rings (SSSR count). The number of halogens is 4. The minimum atomic E-state index is -4.50. The molecule has 0 radical (unpaired) electrons. The van der Waals surface area contributed by atoms with E-state index in [9.17, 15) is 27.7 Å². The van der Waals surface area contributed by atoms with Crippen molar-refractivity contribution in [2.75, 3.05) is 0 Å². The van der Waals surface area contributed by atoms with Crippen molar-refractivity contribution >= 4 is 5.69 Å². The molecular formula is C9H9F4N7O2. The van der Waals surface area contributed by atoms with Crippen molar-refractivity contribution in [2.24, 2.45) is 20.7 Å². The molecule has 0 spiro atoms. The largest absolute Gasteiger partial charge is 0.393 e. The Morgan fingerprint density at radius 1 is 1.32 bits per heavy atom. The summed E-state index contributed by atoms with van der Waals surface area (Å²) >= 11 is 0. The van der Waals surface area contributed by atoms with Crippen LogP contribution >= 0.6 is 0 Å². The van der Waals surface area contributed by atoms with E-state index in [1.54, 1.807) is 0 Å². The third-order valence-corrected chi connectivity index (χ3v) is 2.85. The maximum absolute atomic E-state index is 13.1. The molecule has 1 aromatic heterocycles. The highest BCUT2D eigenvalue weighted by molar-refractivity contribution is 5.23. The SMILES string of the molecule is O=[N+]([O-])c1cn(CCCC2(CC(F)(F)F)N=NN=N2)nc1F. The first-order valence-electron chi connectivity index (χ1n) is 5.99. The van der Waals surface area contributed by atoms with E-state index in [0.29, 0.717) is 0 Å². The van der Waals surface area contributed by atoms with Crippen molar-refractivity contribution in [3.8, 4) is 0 Å². The molecule has 0 fully saturated rings. The molecule has 0 saturated heterocycles. The van der Waals surface area contributed by atoms with Crippen LogP contribution < -0.4 is 0 Å². The highest BCUT2D eigenvalue weighted by Crippen LogP contribution is 2.37. The predicted molar refractivity (Wildman–Crippen MR) is 61.2 cm³/mol. The van der Waals surface area contributed by atoms with Crippen molar-refractivity contribution in [2.45, 2.75) is 37.6 Å². The highest BCUT2D eigenvalue weighted by Gasteiger charge is 2.44. The monoisotopic (exact) mass is 323 g/mol. The molecular weight excluding hydrogens is 314 g/mol. The standard InChI is InChI=1S/C9H9F4N7O2/c10-7-6(20(21)22)4-19(14-7)3-1-2-8(5-9(11,12)13)15-17-18-16-8/h4H,1-3,5H2. The van der Waals surface area contributed by atoms with Crippen LogP contribution in [0.1, 0.15) is 19.3 Å². The van der Waals surface area contributed by atoms with Crippen LogP contribution in [-0.2, 0) is 6.54 Å². The van der Waals surface area contributed by atoms with Gasteiger partial charge in [-0.05, 0) is 23.3 Å². The Hall–Kier alpha value is -2.47. The lowest BCUT2D eigenvalue weighted by Crippen LogP contribution is -2.29. The first-order chi connectivity index (χ1) is 10.2. The zero-order valence-corrected chi connectivity index (χ0v) is 10.9. The van der Waals surface area contributed by atoms with Gasteiger partial charge in [-0.25, -0.2) is 0 Å². The van der Waals surface area contributed by atoms with Crippen LogP contribution in [0.4, 0.5) is 23.2 Å². The zero-order valence-electron chi connectivity index (χ0n) is 10.9. The summed E-state index contributed by atoms with van der Waals surface area (Å²) in [6.45, 7) is -0.0323. The topological polar surface area (TPSA) is 110 Å². The molecule has 0 amide bonds. The normalized spacial score (nSPS) is 16.4. The van der Waals surface area contributed by atoms with Crippen LogP contribution in [0.5, 0.6) is 0 Å². The Balaban J connectivity index is 1.97. The summed E-state index contributed by atoms with van der Waals surface area (Å²) in [6.07, 6.45) is -5.04. The van der Waals surface area contributed by atoms with Gasteiger partial charge in [-0.15, -0.1) is 15.3 Å². The quantitative estimate of drug-likeness (QED) is 0.455. The van der Waals surface area contributed by atoms with E-state index in [4.69, 9.17) is 0 Å². The van der Waals surface area contributed by atoms with Crippen LogP contribution in [0.25, 0.3) is 0 Å². The van der Waals surface area contributed by atoms with E-state index in [1.165, 1.54) is 0 Å². The number of aromatic nitrogens is 2. The van der Waals surface area contributed by atoms with Crippen molar-refractivity contribution in [3.05, 3.63) is 22.3 Å². The van der Waals surface area contributed by atoms with E-state index in [-0.39, 0.29) is 19.4 Å². The fourth-order valence-corrected chi connectivity index (χ4v) is 1.96. The van der Waals surface area contributed by atoms with Gasteiger partial charge in [0, 0.05) is 6.54 Å². The molecule has 0 unspecified atom stereocenters. The first-order valence-corrected chi connectivity index (χ1v) is 5.99. The molecule has 0 N–H and O–H groups in total. The summed E-state index contributed by atoms with van der Waals surface area (Å²) in [4.78, 5) is 9.52. The number of hydrogen-bond donors (Lipinski definition) is 0. The summed E-state index contributed by atoms with van der Waals surface area (Å²) < 4.78 is 51.5. The van der Waals surface area contributed by atoms with Gasteiger partial charge in [-0.1, -0.05) is 0 Å². The van der Waals surface area contributed by atoms with Crippen molar-refractivity contribution < 1.29 is 22.5 Å². The Bertz CT molecular complexity index is 612. The summed E-state index contributed by atoms with van der Waals surface area (Å²) in [5.74, 6) is -1.25. The smallest absolute Gasteiger partial charge is 0.263 e. The average molecular weight is 323 g/mol. The Morgan fingerprint density at radius 3 is 2.45 bits per heavy atom. The summed E-state index contributed by atoms with van der Waals surface area (Å²) in [6, 6.07) is 0. The predicted octanol–water partition coefficient (Wildman–Crippen LogP) is 3.19. The molecule has 0 aliphatic carbocycles. The van der Waals surface area contributed by atoms with Crippen LogP contribution in [-0.4, -0.2) is 26.5 Å². The van der Waals surface area contributed by atoms with Gasteiger partial charge in [0.1, 0.15) is 6.20 Å². The van der Waals surface area contributed by atoms with Gasteiger partial charge in [0.2, 0.25) is 5.66 Å². The van der Waals surface area contributed by atoms with Gasteiger partial charge in [-0.3, -0.25) is 14.8 Å². The Labute approximate surface area is 119 Å². The van der Waals surface area contributed by atoms with Crippen LogP contribution in [0, 0.1) is 16.1 Å². The summed E-state index contributed by atoms with van der Waals surface area (Å²) in [5, 5.41) is 26.7. The fraction of sp³-hybridized carbons (Fsp3) is 0.667. The van der Waals surface area contributed by atoms with Gasteiger partial charge in [0.15, 0.2) is 0 Å². The molecule has 1 aromatic rings. The van der Waals surface area contributed by atoms with Crippen molar-refractivity contribution in [1.82, 2.24) is 9.78 Å². The van der Waals surface area contributed by atoms with Crippen LogP contribution in [0.15, 0.2) is 26.9 Å². The zero-order chi connectivity index (χ0) is 16.4. The summed E-state index contributed by atoms with van der Waals surface area (Å²) in [5.41, 5.74) is -2.62. The van der Waals surface area contributed by atoms with Crippen molar-refractivity contribution in [1.29, 1.82) is 0 Å². The van der Waals surface area contributed by atoms with E-state index in [1.807, 2.05) is 0 Å². The third-order valence-electron chi connectivity index (χ3n) is 2.85. The van der Waals surface area contributed by atoms with Gasteiger partial charge < -0.3 is 0 Å². The molecule has 2 heterocycles. The maximum Gasteiger partial charge on any atom is 0.393 e. The third kappa shape index (κ3) is 3.79. The molecule has 1 aliphatic heterocycles. The molecule has 1 aliphatic rings. The Kier molecular flexibility index (Phi) is 4.14. The number of alkyl halides is 3. The maximum atomic E-state index is 13.1. The molecule has 0 saturated carbocycles. The van der Waals surface area contributed by atoms with E-state index < -0.39 is 34.8 Å². The molecule has 13 heteroatoms. The molecule has 0 atom stereocenters. The highest BCUT2D eigenvalue weighted by atomic mass is 19.4. The van der Waals surface area contributed by atoms with Gasteiger partial charge in [0.05, 0.1) is 11.3 Å². The number of hydrogen-bond acceptors (Lipinski definition) is 7. The second-order valence-electron chi connectivity index (χ2n) is 4.58. The first kappa shape index (κ1) is 15.9. The average Bonchev–Trinajstić information content (AvgIpc) is 2.95. The second-order valence-corrected chi connectivity index (χ2v) is 4.58. The van der Waals surface area contributed by atoms with Gasteiger partial charge in [-0.2, -0.15) is 17.6 Å². The Morgan fingerprint density at radius 2 is 1.95 bits per heavy atom. The number of aryl methyl sites for hydroxylation is 1. The second kappa shape index (κ2) is 5.73. The molecule has 0 aromatic carbocycles. The minimum absolute atomic E-state index is 0.0323. The lowest BCUT2D eigenvalue weighted by atomic mass is 10.0. The molecule has 120 valence electrons. The minimum Gasteiger partial charge on any atom is -0.263 e. The summed E-state index contributed by atoms with van der Waals surface area (Å²) in [7, 11) is 0. The molecule has 22 heavy (non-hydrogen) atoms. The van der Waals surface area contributed by atoms with Crippen LogP contribution in [0.3, 0.4) is 0 Å². The van der Waals surface area contributed by atoms with E-state index in [0.717, 1.165) is 10.9 Å². The molecule has 9 nitrogen and oxygen atoms in total. The lowest BCUT2D eigenvalue weighted by molar-refractivity contribution is -0.387. The number of nitrogens with zero attached hydrogens (tertiary/aromatic N) is 7. The van der Waals surface area contributed by atoms with Gasteiger partial charge >= 0.3 is 17.8 Å². The lowest BCUT2D eigenvalue weighted by Gasteiger charge is -2.20. The van der Waals surface area contributed by atoms with Gasteiger partial charge in [0.25, 0.3) is 0 Å².